The molecule has 0 aliphatic heterocycles. The summed E-state index contributed by atoms with van der Waals surface area (Å²) < 4.78 is 4.69. The zero-order valence-corrected chi connectivity index (χ0v) is 19.6. The Labute approximate surface area is 197 Å². The molecule has 1 N–H and O–H groups in total. The lowest BCUT2D eigenvalue weighted by Crippen LogP contribution is -2.31. The summed E-state index contributed by atoms with van der Waals surface area (Å²) in [5, 5.41) is 17.1. The van der Waals surface area contributed by atoms with E-state index in [1.165, 1.54) is 17.1 Å². The Balaban J connectivity index is 1.67. The summed E-state index contributed by atoms with van der Waals surface area (Å²) in [5.41, 5.74) is 4.93. The second-order valence-electron chi connectivity index (χ2n) is 8.85. The van der Waals surface area contributed by atoms with E-state index in [1.54, 1.807) is 12.1 Å². The maximum absolute atomic E-state index is 13.2. The Morgan fingerprint density at radius 3 is 2.33 bits per heavy atom. The van der Waals surface area contributed by atoms with Gasteiger partial charge < -0.3 is 5.32 Å². The smallest absolute Gasteiger partial charge is 0.257 e. The number of hydrogen-bond donors (Lipinski definition) is 1. The Morgan fingerprint density at radius 2 is 1.67 bits per heavy atom. The summed E-state index contributed by atoms with van der Waals surface area (Å²) in [6.45, 7) is 5.95. The van der Waals surface area contributed by atoms with Crippen molar-refractivity contribution in [1.82, 2.24) is 14.9 Å². The van der Waals surface area contributed by atoms with Gasteiger partial charge in [-0.2, -0.15) is 5.26 Å². The van der Waals surface area contributed by atoms with Crippen LogP contribution in [0.15, 0.2) is 78.5 Å². The van der Waals surface area contributed by atoms with Gasteiger partial charge in [-0.3, -0.25) is 4.79 Å². The van der Waals surface area contributed by atoms with Crippen molar-refractivity contribution in [3.8, 4) is 6.07 Å². The van der Waals surface area contributed by atoms with Crippen molar-refractivity contribution in [2.45, 2.75) is 27.2 Å². The first-order chi connectivity index (χ1) is 15.9. The summed E-state index contributed by atoms with van der Waals surface area (Å²) in [6, 6.07) is 25.9. The van der Waals surface area contributed by atoms with Crippen LogP contribution in [0, 0.1) is 16.7 Å². The fourth-order valence-corrected chi connectivity index (χ4v) is 4.35. The maximum atomic E-state index is 13.2. The van der Waals surface area contributed by atoms with Crippen LogP contribution in [-0.4, -0.2) is 15.5 Å². The zero-order valence-electron chi connectivity index (χ0n) is 18.8. The van der Waals surface area contributed by atoms with Gasteiger partial charge in [0.2, 0.25) is 0 Å². The minimum absolute atomic E-state index is 0.273. The van der Waals surface area contributed by atoms with Crippen LogP contribution in [0.4, 0.5) is 0 Å². The van der Waals surface area contributed by atoms with Crippen molar-refractivity contribution in [3.63, 3.8) is 0 Å². The summed E-state index contributed by atoms with van der Waals surface area (Å²) in [7, 11) is 0. The number of nitrogens with zero attached hydrogens (tertiary/aromatic N) is 3. The number of amides is 1. The second kappa shape index (κ2) is 9.35. The highest BCUT2D eigenvalue weighted by Gasteiger charge is 2.26. The van der Waals surface area contributed by atoms with Gasteiger partial charge in [0.15, 0.2) is 0 Å². The monoisotopic (exact) mass is 452 g/mol. The molecule has 0 atom stereocenters. The highest BCUT2D eigenvalue weighted by atomic mass is 32.1. The van der Waals surface area contributed by atoms with Crippen molar-refractivity contribution >= 4 is 33.2 Å². The molecule has 4 rings (SSSR count). The van der Waals surface area contributed by atoms with E-state index in [2.05, 4.69) is 33.1 Å². The molecule has 6 heteroatoms. The molecule has 3 aromatic carbocycles. The third-order valence-electron chi connectivity index (χ3n) is 5.36. The molecule has 0 bridgehead atoms. The van der Waals surface area contributed by atoms with Crippen molar-refractivity contribution in [1.29, 1.82) is 5.26 Å². The molecule has 33 heavy (non-hydrogen) atoms. The number of allylic oxidation sites excluding steroid dienone is 2. The van der Waals surface area contributed by atoms with E-state index < -0.39 is 5.41 Å². The molecular weight excluding hydrogens is 428 g/mol. The van der Waals surface area contributed by atoms with E-state index in [9.17, 15) is 10.1 Å². The maximum Gasteiger partial charge on any atom is 0.257 e. The van der Waals surface area contributed by atoms with Crippen molar-refractivity contribution < 1.29 is 4.79 Å². The molecule has 0 radical (unpaired) electrons. The fraction of sp³-hybridized carbons (Fsp3) is 0.185. The van der Waals surface area contributed by atoms with Crippen LogP contribution in [-0.2, 0) is 6.42 Å². The van der Waals surface area contributed by atoms with Gasteiger partial charge in [-0.15, -0.1) is 5.10 Å². The van der Waals surface area contributed by atoms with Crippen LogP contribution in [0.5, 0.6) is 0 Å². The Bertz CT molecular complexity index is 1360. The molecule has 0 aliphatic carbocycles. The van der Waals surface area contributed by atoms with E-state index in [0.29, 0.717) is 22.4 Å². The van der Waals surface area contributed by atoms with E-state index in [0.717, 1.165) is 22.2 Å². The molecule has 0 saturated carbocycles. The van der Waals surface area contributed by atoms with E-state index >= 15 is 0 Å². The Hall–Kier alpha value is -3.82. The minimum atomic E-state index is -0.455. The summed E-state index contributed by atoms with van der Waals surface area (Å²) in [5.74, 6) is -0.273. The molecule has 0 fully saturated rings. The summed E-state index contributed by atoms with van der Waals surface area (Å²) in [6.07, 6.45) is 0.822. The van der Waals surface area contributed by atoms with Gasteiger partial charge in [-0.05, 0) is 46.8 Å². The average Bonchev–Trinajstić information content (AvgIpc) is 3.29. The van der Waals surface area contributed by atoms with Gasteiger partial charge >= 0.3 is 0 Å². The lowest BCUT2D eigenvalue weighted by atomic mass is 9.86. The van der Waals surface area contributed by atoms with E-state index in [4.69, 9.17) is 0 Å². The number of carbonyl (C=O) groups is 1. The number of hydrogen-bond acceptors (Lipinski definition) is 5. The molecule has 1 heterocycles. The van der Waals surface area contributed by atoms with Gasteiger partial charge in [0, 0.05) is 11.1 Å². The third kappa shape index (κ3) is 5.00. The number of nitrogens with one attached hydrogen (secondary N) is 1. The highest BCUT2D eigenvalue weighted by Crippen LogP contribution is 2.32. The van der Waals surface area contributed by atoms with Crippen LogP contribution in [0.2, 0.25) is 0 Å². The molecule has 1 aromatic heterocycles. The predicted octanol–water partition coefficient (Wildman–Crippen LogP) is 5.99. The van der Waals surface area contributed by atoms with Crippen molar-refractivity contribution in [3.05, 3.63) is 101 Å². The third-order valence-corrected chi connectivity index (χ3v) is 6.14. The van der Waals surface area contributed by atoms with Crippen LogP contribution in [0.1, 0.15) is 47.8 Å². The lowest BCUT2D eigenvalue weighted by molar-refractivity contribution is 0.0960. The number of benzene rings is 3. The first-order valence-electron chi connectivity index (χ1n) is 10.7. The number of nitriles is 1. The normalized spacial score (nSPS) is 12.2. The quantitative estimate of drug-likeness (QED) is 0.377. The van der Waals surface area contributed by atoms with Crippen LogP contribution < -0.4 is 5.32 Å². The van der Waals surface area contributed by atoms with Gasteiger partial charge in [-0.25, -0.2) is 0 Å². The topological polar surface area (TPSA) is 78.7 Å². The van der Waals surface area contributed by atoms with Crippen molar-refractivity contribution in [2.75, 3.05) is 0 Å². The Morgan fingerprint density at radius 1 is 0.970 bits per heavy atom. The highest BCUT2D eigenvalue weighted by molar-refractivity contribution is 7.13. The molecule has 0 saturated heterocycles. The first-order valence-corrected chi connectivity index (χ1v) is 11.4. The van der Waals surface area contributed by atoms with Crippen LogP contribution in [0.3, 0.4) is 0 Å². The van der Waals surface area contributed by atoms with Gasteiger partial charge in [0.05, 0.1) is 15.8 Å². The summed E-state index contributed by atoms with van der Waals surface area (Å²) in [4.78, 5) is 13.2. The SMILES string of the molecule is CC(C)(C)/C(NC(=O)c1cccc2nnsc12)=C(\C#N)c1ccc(Cc2ccccc2)cc1. The molecular formula is C27H24N4OS. The molecule has 4 aromatic rings. The molecule has 0 unspecified atom stereocenters. The molecule has 0 aliphatic rings. The summed E-state index contributed by atoms with van der Waals surface area (Å²) >= 11 is 1.19. The number of rotatable bonds is 5. The van der Waals surface area contributed by atoms with Gasteiger partial charge in [0.1, 0.15) is 11.6 Å². The largest absolute Gasteiger partial charge is 0.324 e. The minimum Gasteiger partial charge on any atom is -0.324 e. The number of fused-ring (bicyclic) bond motifs is 1. The Kier molecular flexibility index (Phi) is 6.34. The standard InChI is InChI=1S/C27H24N4OS/c1-27(2,3)25(29-26(32)21-10-7-11-23-24(21)33-31-30-23)22(17-28)20-14-12-19(13-15-20)16-18-8-5-4-6-9-18/h4-15H,16H2,1-3H3,(H,29,32)/b25-22-. The van der Waals surface area contributed by atoms with E-state index in [-0.39, 0.29) is 5.91 Å². The zero-order chi connectivity index (χ0) is 23.4. The first kappa shape index (κ1) is 22.4. The fourth-order valence-electron chi connectivity index (χ4n) is 3.68. The van der Waals surface area contributed by atoms with Gasteiger partial charge in [-0.1, -0.05) is 85.9 Å². The van der Waals surface area contributed by atoms with Crippen LogP contribution >= 0.6 is 11.5 Å². The second-order valence-corrected chi connectivity index (χ2v) is 9.61. The molecule has 164 valence electrons. The molecule has 5 nitrogen and oxygen atoms in total. The molecule has 1 amide bonds. The van der Waals surface area contributed by atoms with Crippen LogP contribution in [0.25, 0.3) is 15.8 Å². The van der Waals surface area contributed by atoms with Gasteiger partial charge in [0.25, 0.3) is 5.91 Å². The van der Waals surface area contributed by atoms with E-state index in [1.807, 2.05) is 69.3 Å². The average molecular weight is 453 g/mol. The number of carbonyl (C=O) groups excluding carboxylic acids is 1. The number of aromatic nitrogens is 2. The lowest BCUT2D eigenvalue weighted by Gasteiger charge is -2.25. The van der Waals surface area contributed by atoms with Crippen molar-refractivity contribution in [2.24, 2.45) is 5.41 Å². The predicted molar refractivity (Wildman–Crippen MR) is 133 cm³/mol. The molecule has 0 spiro atoms.